The first kappa shape index (κ1) is 19.2. The molecular formula is C19H12ClNO7. The number of hydrogen-bond acceptors (Lipinski definition) is 7. The Morgan fingerprint density at radius 1 is 1.18 bits per heavy atom. The van der Waals surface area contributed by atoms with E-state index in [0.717, 1.165) is 6.07 Å². The molecule has 2 aromatic carbocycles. The summed E-state index contributed by atoms with van der Waals surface area (Å²) in [6.45, 7) is 2.92. The van der Waals surface area contributed by atoms with Gasteiger partial charge in [-0.3, -0.25) is 14.9 Å². The number of ether oxygens (including phenoxy) is 1. The molecule has 1 heterocycles. The minimum atomic E-state index is -0.934. The maximum absolute atomic E-state index is 12.5. The Morgan fingerprint density at radius 2 is 1.89 bits per heavy atom. The molecule has 142 valence electrons. The predicted octanol–water partition coefficient (Wildman–Crippen LogP) is 4.08. The summed E-state index contributed by atoms with van der Waals surface area (Å²) in [6, 6.07) is 7.66. The lowest BCUT2D eigenvalue weighted by atomic mass is 10.0. The lowest BCUT2D eigenvalue weighted by molar-refractivity contribution is -0.384. The molecule has 9 heteroatoms. The summed E-state index contributed by atoms with van der Waals surface area (Å²) in [4.78, 5) is 46.6. The van der Waals surface area contributed by atoms with Crippen LogP contribution < -0.4 is 10.4 Å². The summed E-state index contributed by atoms with van der Waals surface area (Å²) in [5.74, 6) is -1.54. The molecule has 0 N–H and O–H groups in total. The normalized spacial score (nSPS) is 10.7. The van der Waals surface area contributed by atoms with E-state index in [0.29, 0.717) is 10.9 Å². The number of carbonyl (C=O) groups is 2. The summed E-state index contributed by atoms with van der Waals surface area (Å²) >= 11 is 5.74. The third kappa shape index (κ3) is 3.49. The Hall–Kier alpha value is -3.52. The quantitative estimate of drug-likeness (QED) is 0.161. The fourth-order valence-electron chi connectivity index (χ4n) is 2.72. The van der Waals surface area contributed by atoms with Gasteiger partial charge in [0.25, 0.3) is 5.69 Å². The molecule has 28 heavy (non-hydrogen) atoms. The van der Waals surface area contributed by atoms with Crippen molar-refractivity contribution in [3.05, 3.63) is 78.6 Å². The molecule has 0 aliphatic heterocycles. The third-order valence-electron chi connectivity index (χ3n) is 4.01. The zero-order chi connectivity index (χ0) is 20.6. The van der Waals surface area contributed by atoms with Gasteiger partial charge in [0.2, 0.25) is 0 Å². The van der Waals surface area contributed by atoms with Crippen molar-refractivity contribution in [3.63, 3.8) is 0 Å². The largest absolute Gasteiger partial charge is 0.422 e. The van der Waals surface area contributed by atoms with Crippen LogP contribution in [0.2, 0.25) is 5.02 Å². The van der Waals surface area contributed by atoms with E-state index in [1.807, 2.05) is 0 Å². The summed E-state index contributed by atoms with van der Waals surface area (Å²) in [7, 11) is 0. The maximum Gasteiger partial charge on any atom is 0.343 e. The molecule has 0 unspecified atom stereocenters. The average molecular weight is 402 g/mol. The lowest BCUT2D eigenvalue weighted by Crippen LogP contribution is -2.12. The summed E-state index contributed by atoms with van der Waals surface area (Å²) in [6.07, 6.45) is 0. The highest BCUT2D eigenvalue weighted by molar-refractivity contribution is 6.32. The summed E-state index contributed by atoms with van der Waals surface area (Å²) in [5, 5.41) is 11.4. The first-order valence-corrected chi connectivity index (χ1v) is 8.31. The predicted molar refractivity (Wildman–Crippen MR) is 100 cm³/mol. The number of benzene rings is 2. The Bertz CT molecular complexity index is 1210. The average Bonchev–Trinajstić information content (AvgIpc) is 2.60. The van der Waals surface area contributed by atoms with Gasteiger partial charge in [0.1, 0.15) is 16.3 Å². The Balaban J connectivity index is 2.10. The number of hydrogen-bond donors (Lipinski definition) is 0. The van der Waals surface area contributed by atoms with Gasteiger partial charge in [-0.15, -0.1) is 0 Å². The van der Waals surface area contributed by atoms with Crippen molar-refractivity contribution in [3.8, 4) is 5.75 Å². The van der Waals surface area contributed by atoms with Gasteiger partial charge in [-0.05, 0) is 43.7 Å². The third-order valence-corrected chi connectivity index (χ3v) is 4.33. The molecule has 0 bridgehead atoms. The SMILES string of the molecule is CC(=O)c1c(OC(=O)c2ccc(Cl)c([N+](=O)[O-])c2)ccc2c(C)cc(=O)oc12. The molecule has 0 saturated heterocycles. The van der Waals surface area contributed by atoms with Gasteiger partial charge in [0.05, 0.1) is 10.5 Å². The van der Waals surface area contributed by atoms with Crippen molar-refractivity contribution >= 4 is 40.0 Å². The maximum atomic E-state index is 12.5. The van der Waals surface area contributed by atoms with E-state index in [4.69, 9.17) is 20.8 Å². The molecule has 0 radical (unpaired) electrons. The minimum absolute atomic E-state index is 0.00452. The van der Waals surface area contributed by atoms with Gasteiger partial charge in [-0.2, -0.15) is 0 Å². The molecule has 3 aromatic rings. The number of rotatable bonds is 4. The van der Waals surface area contributed by atoms with Crippen LogP contribution in [-0.4, -0.2) is 16.7 Å². The molecule has 0 spiro atoms. The zero-order valence-corrected chi connectivity index (χ0v) is 15.4. The number of esters is 1. The van der Waals surface area contributed by atoms with E-state index in [-0.39, 0.29) is 27.5 Å². The molecule has 0 aliphatic rings. The standard InChI is InChI=1S/C19H12ClNO7/c1-9-7-16(23)28-18-12(9)4-6-15(17(18)10(2)22)27-19(24)11-3-5-13(20)14(8-11)21(25)26/h3-8H,1-2H3. The van der Waals surface area contributed by atoms with Crippen molar-refractivity contribution < 1.29 is 23.7 Å². The first-order chi connectivity index (χ1) is 13.2. The molecular weight excluding hydrogens is 390 g/mol. The van der Waals surface area contributed by atoms with Crippen LogP contribution in [0.5, 0.6) is 5.75 Å². The molecule has 0 amide bonds. The Morgan fingerprint density at radius 3 is 2.54 bits per heavy atom. The van der Waals surface area contributed by atoms with Crippen LogP contribution in [-0.2, 0) is 0 Å². The van der Waals surface area contributed by atoms with Crippen LogP contribution in [0.4, 0.5) is 5.69 Å². The van der Waals surface area contributed by atoms with Crippen LogP contribution in [0, 0.1) is 17.0 Å². The number of nitro benzene ring substituents is 1. The van der Waals surface area contributed by atoms with Gasteiger partial charge in [-0.1, -0.05) is 11.6 Å². The molecule has 0 aliphatic carbocycles. The second kappa shape index (κ2) is 7.24. The second-order valence-corrected chi connectivity index (χ2v) is 6.34. The van der Waals surface area contributed by atoms with Gasteiger partial charge in [0.15, 0.2) is 11.4 Å². The van der Waals surface area contributed by atoms with Crippen molar-refractivity contribution in [2.45, 2.75) is 13.8 Å². The fraction of sp³-hybridized carbons (Fsp3) is 0.105. The Kier molecular flexibility index (Phi) is 4.98. The van der Waals surface area contributed by atoms with Gasteiger partial charge < -0.3 is 9.15 Å². The monoisotopic (exact) mass is 401 g/mol. The topological polar surface area (TPSA) is 117 Å². The van der Waals surface area contributed by atoms with Crippen LogP contribution in [0.15, 0.2) is 45.6 Å². The van der Waals surface area contributed by atoms with Gasteiger partial charge >= 0.3 is 11.6 Å². The van der Waals surface area contributed by atoms with Crippen LogP contribution in [0.1, 0.15) is 33.2 Å². The zero-order valence-electron chi connectivity index (χ0n) is 14.6. The number of nitrogens with zero attached hydrogens (tertiary/aromatic N) is 1. The summed E-state index contributed by atoms with van der Waals surface area (Å²) < 4.78 is 10.4. The number of halogens is 1. The second-order valence-electron chi connectivity index (χ2n) is 5.93. The molecule has 0 atom stereocenters. The van der Waals surface area contributed by atoms with Crippen LogP contribution in [0.3, 0.4) is 0 Å². The molecule has 8 nitrogen and oxygen atoms in total. The highest BCUT2D eigenvalue weighted by Crippen LogP contribution is 2.31. The molecule has 0 fully saturated rings. The first-order valence-electron chi connectivity index (χ1n) is 7.93. The molecule has 1 aromatic heterocycles. The van der Waals surface area contributed by atoms with Crippen molar-refractivity contribution in [2.24, 2.45) is 0 Å². The van der Waals surface area contributed by atoms with E-state index in [9.17, 15) is 24.5 Å². The number of fused-ring (bicyclic) bond motifs is 1. The van der Waals surface area contributed by atoms with E-state index >= 15 is 0 Å². The van der Waals surface area contributed by atoms with E-state index in [1.54, 1.807) is 13.0 Å². The smallest absolute Gasteiger partial charge is 0.343 e. The van der Waals surface area contributed by atoms with E-state index in [1.165, 1.54) is 31.2 Å². The van der Waals surface area contributed by atoms with E-state index < -0.39 is 28.0 Å². The number of nitro groups is 1. The molecule has 3 rings (SSSR count). The van der Waals surface area contributed by atoms with Crippen LogP contribution >= 0.6 is 11.6 Å². The van der Waals surface area contributed by atoms with Crippen molar-refractivity contribution in [2.75, 3.05) is 0 Å². The molecule has 0 saturated carbocycles. The van der Waals surface area contributed by atoms with Gasteiger partial charge in [-0.25, -0.2) is 9.59 Å². The highest BCUT2D eigenvalue weighted by Gasteiger charge is 2.22. The number of carbonyl (C=O) groups excluding carboxylic acids is 2. The number of Topliss-reactive ketones (excluding diaryl/α,β-unsaturated/α-hetero) is 1. The van der Waals surface area contributed by atoms with E-state index in [2.05, 4.69) is 0 Å². The minimum Gasteiger partial charge on any atom is -0.422 e. The van der Waals surface area contributed by atoms with Gasteiger partial charge in [0, 0.05) is 17.5 Å². The number of aryl methyl sites for hydroxylation is 1. The van der Waals surface area contributed by atoms with Crippen molar-refractivity contribution in [1.29, 1.82) is 0 Å². The Labute approximate surface area is 162 Å². The number of ketones is 1. The summed E-state index contributed by atoms with van der Waals surface area (Å²) in [5.41, 5.74) is -0.705. The van der Waals surface area contributed by atoms with Crippen LogP contribution in [0.25, 0.3) is 11.0 Å². The van der Waals surface area contributed by atoms with Crippen molar-refractivity contribution in [1.82, 2.24) is 0 Å². The lowest BCUT2D eigenvalue weighted by Gasteiger charge is -2.11. The highest BCUT2D eigenvalue weighted by atomic mass is 35.5. The fourth-order valence-corrected chi connectivity index (χ4v) is 2.91.